The Hall–Kier alpha value is -3.26. The summed E-state index contributed by atoms with van der Waals surface area (Å²) >= 11 is 3.16. The monoisotopic (exact) mass is 517 g/mol. The molecule has 0 spiro atoms. The predicted octanol–water partition coefficient (Wildman–Crippen LogP) is 6.90. The summed E-state index contributed by atoms with van der Waals surface area (Å²) in [6, 6.07) is 20.2. The molecule has 1 N–H and O–H groups in total. The summed E-state index contributed by atoms with van der Waals surface area (Å²) in [5.41, 5.74) is 5.02. The molecule has 0 saturated heterocycles. The van der Waals surface area contributed by atoms with Crippen LogP contribution in [0.4, 0.5) is 18.0 Å². The summed E-state index contributed by atoms with van der Waals surface area (Å²) in [5.74, 6) is -0.367. The first kappa shape index (κ1) is 22.9. The zero-order valence-electron chi connectivity index (χ0n) is 17.2. The van der Waals surface area contributed by atoms with E-state index in [2.05, 4.69) is 38.1 Å². The number of hydrogen-bond acceptors (Lipinski definition) is 3. The summed E-state index contributed by atoms with van der Waals surface area (Å²) in [6.45, 7) is 0.353. The third kappa shape index (κ3) is 5.76. The Morgan fingerprint density at radius 3 is 2.27 bits per heavy atom. The van der Waals surface area contributed by atoms with Gasteiger partial charge in [0.05, 0.1) is 0 Å². The molecule has 8 heteroatoms. The minimum atomic E-state index is -4.77. The molecule has 1 aliphatic carbocycles. The van der Waals surface area contributed by atoms with Crippen LogP contribution in [0.15, 0.2) is 77.3 Å². The number of nitrogens with one attached hydrogen (secondary N) is 1. The Kier molecular flexibility index (Phi) is 6.74. The number of ether oxygens (including phenoxy) is 2. The van der Waals surface area contributed by atoms with Crippen LogP contribution in [-0.4, -0.2) is 25.6 Å². The average Bonchev–Trinajstić information content (AvgIpc) is 3.07. The van der Waals surface area contributed by atoms with E-state index in [9.17, 15) is 18.0 Å². The minimum absolute atomic E-state index is 0.0348. The van der Waals surface area contributed by atoms with E-state index < -0.39 is 12.5 Å². The molecule has 1 amide bonds. The first-order chi connectivity index (χ1) is 15.8. The van der Waals surface area contributed by atoms with Crippen LogP contribution in [0.5, 0.6) is 5.75 Å². The molecule has 1 aliphatic rings. The highest BCUT2D eigenvalue weighted by Gasteiger charge is 2.31. The van der Waals surface area contributed by atoms with E-state index >= 15 is 0 Å². The van der Waals surface area contributed by atoms with Crippen molar-refractivity contribution in [2.75, 3.05) is 13.2 Å². The summed E-state index contributed by atoms with van der Waals surface area (Å²) < 4.78 is 47.1. The van der Waals surface area contributed by atoms with E-state index in [1.165, 1.54) is 12.1 Å². The second kappa shape index (κ2) is 9.70. The van der Waals surface area contributed by atoms with Gasteiger partial charge in [-0.15, -0.1) is 13.2 Å². The largest absolute Gasteiger partial charge is 0.573 e. The maximum absolute atomic E-state index is 12.4. The first-order valence-corrected chi connectivity index (χ1v) is 10.9. The molecule has 0 aromatic heterocycles. The van der Waals surface area contributed by atoms with Crippen LogP contribution in [0, 0.1) is 0 Å². The van der Waals surface area contributed by atoms with E-state index in [0.717, 1.165) is 22.3 Å². The zero-order valence-corrected chi connectivity index (χ0v) is 18.8. The Bertz CT molecular complexity index is 1150. The fourth-order valence-corrected chi connectivity index (χ4v) is 4.35. The van der Waals surface area contributed by atoms with Gasteiger partial charge in [-0.1, -0.05) is 76.6 Å². The van der Waals surface area contributed by atoms with E-state index in [1.807, 2.05) is 36.4 Å². The normalized spacial score (nSPS) is 13.0. The lowest BCUT2D eigenvalue weighted by molar-refractivity contribution is -0.274. The summed E-state index contributed by atoms with van der Waals surface area (Å²) in [7, 11) is 0. The molecule has 3 aromatic carbocycles. The van der Waals surface area contributed by atoms with E-state index in [0.29, 0.717) is 10.0 Å². The molecule has 170 valence electrons. The van der Waals surface area contributed by atoms with Crippen LogP contribution in [-0.2, 0) is 4.74 Å². The van der Waals surface area contributed by atoms with Crippen molar-refractivity contribution < 1.29 is 27.4 Å². The molecule has 0 bridgehead atoms. The number of alkyl carbamates (subject to hydrolysis) is 1. The zero-order chi connectivity index (χ0) is 23.4. The van der Waals surface area contributed by atoms with E-state index in [4.69, 9.17) is 4.74 Å². The molecular formula is C25H19BrF3NO3. The summed E-state index contributed by atoms with van der Waals surface area (Å²) in [5, 5.41) is 2.62. The topological polar surface area (TPSA) is 47.6 Å². The second-order valence-electron chi connectivity index (χ2n) is 7.38. The van der Waals surface area contributed by atoms with Crippen molar-refractivity contribution in [3.63, 3.8) is 0 Å². The molecular weight excluding hydrogens is 499 g/mol. The predicted molar refractivity (Wildman–Crippen MR) is 123 cm³/mol. The van der Waals surface area contributed by atoms with Gasteiger partial charge in [-0.05, 0) is 46.0 Å². The molecule has 4 rings (SSSR count). The number of halogens is 4. The molecule has 0 heterocycles. The number of benzene rings is 3. The van der Waals surface area contributed by atoms with Crippen molar-refractivity contribution in [3.05, 3.63) is 94.0 Å². The Labute approximate surface area is 197 Å². The fourth-order valence-electron chi connectivity index (χ4n) is 3.86. The summed E-state index contributed by atoms with van der Waals surface area (Å²) in [6.07, 6.45) is -2.15. The maximum Gasteiger partial charge on any atom is 0.573 e. The van der Waals surface area contributed by atoms with Crippen LogP contribution >= 0.6 is 15.9 Å². The SMILES string of the molecule is O=C(NCC=Cc1cc(Br)cc(OC(F)(F)F)c1)OCC1c2ccccc2-c2ccccc21. The van der Waals surface area contributed by atoms with Gasteiger partial charge >= 0.3 is 12.5 Å². The summed E-state index contributed by atoms with van der Waals surface area (Å²) in [4.78, 5) is 12.2. The standard InChI is InChI=1S/C25H19BrF3NO3/c26-17-12-16(13-18(14-17)33-25(27,28)29)6-5-11-30-24(31)32-15-23-21-9-3-1-7-19(21)20-8-2-4-10-22(20)23/h1-10,12-14,23H,11,15H2,(H,30,31). The van der Waals surface area contributed by atoms with Crippen molar-refractivity contribution in [2.45, 2.75) is 12.3 Å². The Balaban J connectivity index is 1.32. The number of rotatable bonds is 6. The number of carbonyl (C=O) groups is 1. The highest BCUT2D eigenvalue weighted by atomic mass is 79.9. The molecule has 0 saturated carbocycles. The third-order valence-electron chi connectivity index (χ3n) is 5.15. The highest BCUT2D eigenvalue weighted by molar-refractivity contribution is 9.10. The van der Waals surface area contributed by atoms with Gasteiger partial charge in [-0.3, -0.25) is 0 Å². The maximum atomic E-state index is 12.4. The number of amides is 1. The van der Waals surface area contributed by atoms with Gasteiger partial charge in [-0.2, -0.15) is 0 Å². The minimum Gasteiger partial charge on any atom is -0.449 e. The van der Waals surface area contributed by atoms with Crippen LogP contribution in [0.2, 0.25) is 0 Å². The lowest BCUT2D eigenvalue weighted by Gasteiger charge is -2.14. The molecule has 0 aliphatic heterocycles. The Morgan fingerprint density at radius 2 is 1.64 bits per heavy atom. The highest BCUT2D eigenvalue weighted by Crippen LogP contribution is 2.44. The molecule has 4 nitrogen and oxygen atoms in total. The molecule has 0 atom stereocenters. The van der Waals surface area contributed by atoms with Gasteiger partial charge in [0.25, 0.3) is 0 Å². The number of carbonyl (C=O) groups excluding carboxylic acids is 1. The van der Waals surface area contributed by atoms with E-state index in [1.54, 1.807) is 18.2 Å². The van der Waals surface area contributed by atoms with Crippen molar-refractivity contribution in [1.82, 2.24) is 5.32 Å². The Morgan fingerprint density at radius 1 is 1.00 bits per heavy atom. The molecule has 0 fully saturated rings. The van der Waals surface area contributed by atoms with Gasteiger partial charge in [0.15, 0.2) is 0 Å². The molecule has 0 radical (unpaired) electrons. The van der Waals surface area contributed by atoms with Crippen LogP contribution in [0.3, 0.4) is 0 Å². The van der Waals surface area contributed by atoms with Gasteiger partial charge in [0, 0.05) is 16.9 Å². The van der Waals surface area contributed by atoms with Crippen molar-refractivity contribution >= 4 is 28.1 Å². The molecule has 3 aromatic rings. The first-order valence-electron chi connectivity index (χ1n) is 10.1. The number of fused-ring (bicyclic) bond motifs is 3. The van der Waals surface area contributed by atoms with Crippen molar-refractivity contribution in [2.24, 2.45) is 0 Å². The quantitative estimate of drug-likeness (QED) is 0.386. The van der Waals surface area contributed by atoms with E-state index in [-0.39, 0.29) is 24.8 Å². The van der Waals surface area contributed by atoms with Crippen LogP contribution < -0.4 is 10.1 Å². The number of hydrogen-bond donors (Lipinski definition) is 1. The smallest absolute Gasteiger partial charge is 0.449 e. The molecule has 0 unspecified atom stereocenters. The van der Waals surface area contributed by atoms with Gasteiger partial charge in [-0.25, -0.2) is 4.79 Å². The van der Waals surface area contributed by atoms with Crippen molar-refractivity contribution in [1.29, 1.82) is 0 Å². The van der Waals surface area contributed by atoms with Gasteiger partial charge < -0.3 is 14.8 Å². The molecule has 33 heavy (non-hydrogen) atoms. The van der Waals surface area contributed by atoms with Crippen molar-refractivity contribution in [3.8, 4) is 16.9 Å². The van der Waals surface area contributed by atoms with Crippen LogP contribution in [0.25, 0.3) is 17.2 Å². The van der Waals surface area contributed by atoms with Crippen LogP contribution in [0.1, 0.15) is 22.6 Å². The lowest BCUT2D eigenvalue weighted by atomic mass is 9.98. The van der Waals surface area contributed by atoms with Gasteiger partial charge in [0.1, 0.15) is 12.4 Å². The second-order valence-corrected chi connectivity index (χ2v) is 8.29. The average molecular weight is 518 g/mol. The fraction of sp³-hybridized carbons (Fsp3) is 0.160. The third-order valence-corrected chi connectivity index (χ3v) is 5.60. The van der Waals surface area contributed by atoms with Gasteiger partial charge in [0.2, 0.25) is 0 Å². The number of alkyl halides is 3. The lowest BCUT2D eigenvalue weighted by Crippen LogP contribution is -2.26.